The number of carboxylic acids is 1. The van der Waals surface area contributed by atoms with Crippen molar-refractivity contribution in [3.63, 3.8) is 0 Å². The molecule has 0 aromatic heterocycles. The lowest BCUT2D eigenvalue weighted by Crippen LogP contribution is -2.10. The van der Waals surface area contributed by atoms with Crippen LogP contribution in [0.25, 0.3) is 0 Å². The molecule has 0 aromatic carbocycles. The van der Waals surface area contributed by atoms with Crippen molar-refractivity contribution in [1.29, 1.82) is 0 Å². The average Bonchev–Trinajstić information content (AvgIpc) is 1.94. The van der Waals surface area contributed by atoms with E-state index in [0.29, 0.717) is 0 Å². The molecule has 0 spiro atoms. The Hall–Kier alpha value is -0.660. The molecule has 3 N–H and O–H groups in total. The van der Waals surface area contributed by atoms with Crippen LogP contribution in [0.3, 0.4) is 0 Å². The van der Waals surface area contributed by atoms with E-state index in [4.69, 9.17) is 5.11 Å². The van der Waals surface area contributed by atoms with E-state index >= 15 is 0 Å². The molecule has 0 heterocycles. The minimum atomic E-state index is -0.968. The highest BCUT2D eigenvalue weighted by Gasteiger charge is 1.81. The quantitative estimate of drug-likeness (QED) is 0.382. The maximum absolute atomic E-state index is 9.24. The fourth-order valence-electron chi connectivity index (χ4n) is 0. The van der Waals surface area contributed by atoms with Gasteiger partial charge in [-0.25, -0.2) is 0 Å². The zero-order valence-electron chi connectivity index (χ0n) is 5.95. The molecule has 60 valence electrons. The largest absolute Gasteiger partial charge is 0.480 e. The molecule has 0 aliphatic heterocycles. The van der Waals surface area contributed by atoms with Gasteiger partial charge >= 0.3 is 5.97 Å². The summed E-state index contributed by atoms with van der Waals surface area (Å²) in [5.74, 6) is -0.0231. The molecule has 0 atom stereocenters. The number of hydrogen-bond donors (Lipinski definition) is 3. The number of thiol groups is 1. The van der Waals surface area contributed by atoms with Crippen molar-refractivity contribution in [2.24, 2.45) is 5.73 Å². The highest BCUT2D eigenvalue weighted by molar-refractivity contribution is 7.80. The van der Waals surface area contributed by atoms with Crippen LogP contribution >= 0.6 is 12.6 Å². The summed E-state index contributed by atoms with van der Waals surface area (Å²) in [4.78, 5) is 9.24. The number of terminal acetylenes is 1. The van der Waals surface area contributed by atoms with Crippen LogP contribution in [-0.4, -0.2) is 23.4 Å². The Morgan fingerprint density at radius 2 is 1.80 bits per heavy atom. The predicted molar refractivity (Wildman–Crippen MR) is 46.1 cm³/mol. The standard InChI is InChI=1S/C2H5NO2.C2H6S.C2H2/c3-1-2(4)5;1-2-3;1-2/h1,3H2,(H,4,5);3H,2H2,1H3;1-2H. The highest BCUT2D eigenvalue weighted by Crippen LogP contribution is 1.58. The van der Waals surface area contributed by atoms with E-state index in [2.05, 4.69) is 31.2 Å². The number of carbonyl (C=O) groups is 1. The SMILES string of the molecule is C#C.CCS.NCC(=O)O. The first kappa shape index (κ1) is 16.2. The monoisotopic (exact) mass is 163 g/mol. The first-order chi connectivity index (χ1) is 4.68. The second-order valence-corrected chi connectivity index (χ2v) is 1.55. The van der Waals surface area contributed by atoms with Crippen molar-refractivity contribution >= 4 is 18.6 Å². The predicted octanol–water partition coefficient (Wildman–Crippen LogP) is 0.215. The number of rotatable bonds is 1. The van der Waals surface area contributed by atoms with Crippen LogP contribution in [0.1, 0.15) is 6.92 Å². The number of hydrogen-bond acceptors (Lipinski definition) is 3. The summed E-state index contributed by atoms with van der Waals surface area (Å²) in [5, 5.41) is 7.60. The molecule has 3 nitrogen and oxygen atoms in total. The Bertz CT molecular complexity index is 83.1. The molecule has 0 aliphatic rings. The van der Waals surface area contributed by atoms with Crippen LogP contribution in [0.5, 0.6) is 0 Å². The number of carboxylic acid groups (broad SMARTS) is 1. The zero-order valence-corrected chi connectivity index (χ0v) is 6.84. The first-order valence-electron chi connectivity index (χ1n) is 2.55. The van der Waals surface area contributed by atoms with Gasteiger partial charge in [0.25, 0.3) is 0 Å². The Balaban J connectivity index is -0.0000000847. The van der Waals surface area contributed by atoms with E-state index in [0.717, 1.165) is 5.75 Å². The minimum absolute atomic E-state index is 0.278. The summed E-state index contributed by atoms with van der Waals surface area (Å²) in [6.07, 6.45) is 8.00. The number of aliphatic carboxylic acids is 1. The van der Waals surface area contributed by atoms with E-state index in [1.807, 2.05) is 6.92 Å². The van der Waals surface area contributed by atoms with E-state index in [1.165, 1.54) is 0 Å². The Morgan fingerprint density at radius 3 is 1.80 bits per heavy atom. The van der Waals surface area contributed by atoms with Gasteiger partial charge in [-0.15, -0.1) is 12.8 Å². The minimum Gasteiger partial charge on any atom is -0.480 e. The van der Waals surface area contributed by atoms with Crippen molar-refractivity contribution in [3.05, 3.63) is 0 Å². The Morgan fingerprint density at radius 1 is 1.70 bits per heavy atom. The summed E-state index contributed by atoms with van der Waals surface area (Å²) in [5.41, 5.74) is 4.57. The maximum atomic E-state index is 9.24. The summed E-state index contributed by atoms with van der Waals surface area (Å²) in [6, 6.07) is 0. The molecule has 10 heavy (non-hydrogen) atoms. The van der Waals surface area contributed by atoms with Gasteiger partial charge in [0, 0.05) is 0 Å². The van der Waals surface area contributed by atoms with Crippen molar-refractivity contribution in [3.8, 4) is 12.8 Å². The molecule has 0 radical (unpaired) electrons. The topological polar surface area (TPSA) is 63.3 Å². The van der Waals surface area contributed by atoms with Gasteiger partial charge in [-0.1, -0.05) is 6.92 Å². The molecule has 0 rings (SSSR count). The fraction of sp³-hybridized carbons (Fsp3) is 0.500. The van der Waals surface area contributed by atoms with Gasteiger partial charge in [0.05, 0.1) is 6.54 Å². The molecule has 0 fully saturated rings. The van der Waals surface area contributed by atoms with E-state index in [1.54, 1.807) is 0 Å². The van der Waals surface area contributed by atoms with Crippen LogP contribution in [0, 0.1) is 12.8 Å². The van der Waals surface area contributed by atoms with Gasteiger partial charge in [0.1, 0.15) is 0 Å². The van der Waals surface area contributed by atoms with E-state index < -0.39 is 5.97 Å². The van der Waals surface area contributed by atoms with Gasteiger partial charge in [-0.2, -0.15) is 12.6 Å². The molecule has 0 bridgehead atoms. The van der Waals surface area contributed by atoms with Crippen LogP contribution in [0.2, 0.25) is 0 Å². The molecule has 0 unspecified atom stereocenters. The Kier molecular flexibility index (Phi) is 38.6. The molecular formula is C6H13NO2S. The lowest BCUT2D eigenvalue weighted by Gasteiger charge is -1.73. The summed E-state index contributed by atoms with van der Waals surface area (Å²) in [6.45, 7) is 1.71. The molecular weight excluding hydrogens is 150 g/mol. The second-order valence-electron chi connectivity index (χ2n) is 0.914. The van der Waals surface area contributed by atoms with Crippen molar-refractivity contribution < 1.29 is 9.90 Å². The van der Waals surface area contributed by atoms with E-state index in [-0.39, 0.29) is 6.54 Å². The second kappa shape index (κ2) is 23.9. The third-order valence-corrected chi connectivity index (χ3v) is 0.175. The summed E-state index contributed by atoms with van der Waals surface area (Å²) in [7, 11) is 0. The summed E-state index contributed by atoms with van der Waals surface area (Å²) >= 11 is 3.79. The molecule has 0 saturated carbocycles. The van der Waals surface area contributed by atoms with E-state index in [9.17, 15) is 4.79 Å². The number of nitrogens with two attached hydrogens (primary N) is 1. The van der Waals surface area contributed by atoms with Gasteiger partial charge in [0.2, 0.25) is 0 Å². The van der Waals surface area contributed by atoms with Crippen molar-refractivity contribution in [2.45, 2.75) is 6.92 Å². The smallest absolute Gasteiger partial charge is 0.317 e. The first-order valence-corrected chi connectivity index (χ1v) is 3.18. The van der Waals surface area contributed by atoms with Gasteiger partial charge in [-0.05, 0) is 5.75 Å². The molecule has 4 heteroatoms. The highest BCUT2D eigenvalue weighted by atomic mass is 32.1. The normalized spacial score (nSPS) is 5.70. The van der Waals surface area contributed by atoms with Gasteiger partial charge in [-0.3, -0.25) is 4.79 Å². The Labute approximate surface area is 67.0 Å². The maximum Gasteiger partial charge on any atom is 0.317 e. The molecule has 0 amide bonds. The lowest BCUT2D eigenvalue weighted by molar-refractivity contribution is -0.135. The molecule has 0 aromatic rings. The third-order valence-electron chi connectivity index (χ3n) is 0.175. The average molecular weight is 163 g/mol. The summed E-state index contributed by atoms with van der Waals surface area (Å²) < 4.78 is 0. The van der Waals surface area contributed by atoms with Gasteiger partial charge in [0.15, 0.2) is 0 Å². The van der Waals surface area contributed by atoms with Crippen LogP contribution in [-0.2, 0) is 4.79 Å². The van der Waals surface area contributed by atoms with Crippen molar-refractivity contribution in [1.82, 2.24) is 0 Å². The lowest BCUT2D eigenvalue weighted by atomic mass is 10.7. The zero-order chi connectivity index (χ0) is 8.99. The van der Waals surface area contributed by atoms with Crippen LogP contribution in [0.15, 0.2) is 0 Å². The third kappa shape index (κ3) is 164. The van der Waals surface area contributed by atoms with Crippen LogP contribution in [0.4, 0.5) is 0 Å². The molecule has 0 saturated heterocycles. The molecule has 0 aliphatic carbocycles. The van der Waals surface area contributed by atoms with Crippen molar-refractivity contribution in [2.75, 3.05) is 12.3 Å². The van der Waals surface area contributed by atoms with Gasteiger partial charge < -0.3 is 10.8 Å². The fourth-order valence-corrected chi connectivity index (χ4v) is 0. The van der Waals surface area contributed by atoms with Crippen LogP contribution < -0.4 is 5.73 Å².